The van der Waals surface area contributed by atoms with Crippen molar-refractivity contribution in [2.75, 3.05) is 37.7 Å². The number of halogens is 2. The predicted octanol–water partition coefficient (Wildman–Crippen LogP) is 5.22. The van der Waals surface area contributed by atoms with Crippen LogP contribution in [0.25, 0.3) is 22.0 Å². The molecule has 9 heteroatoms. The van der Waals surface area contributed by atoms with Crippen molar-refractivity contribution >= 4 is 16.7 Å². The van der Waals surface area contributed by atoms with Crippen molar-refractivity contribution in [3.05, 3.63) is 41.2 Å². The van der Waals surface area contributed by atoms with E-state index in [1.165, 1.54) is 0 Å². The molecule has 7 nitrogen and oxygen atoms in total. The fourth-order valence-electron chi connectivity index (χ4n) is 8.17. The number of aromatic nitrogens is 2. The highest BCUT2D eigenvalue weighted by Crippen LogP contribution is 2.48. The number of aromatic hydroxyl groups is 1. The summed E-state index contributed by atoms with van der Waals surface area (Å²) in [5.74, 6) is 0.787. The van der Waals surface area contributed by atoms with E-state index in [0.29, 0.717) is 54.3 Å². The maximum Gasteiger partial charge on any atom is 0.319 e. The second-order valence-corrected chi connectivity index (χ2v) is 13.1. The first-order valence-corrected chi connectivity index (χ1v) is 15.2. The van der Waals surface area contributed by atoms with E-state index in [1.54, 1.807) is 12.1 Å². The molecule has 41 heavy (non-hydrogen) atoms. The number of anilines is 1. The highest BCUT2D eigenvalue weighted by atomic mass is 19.1. The van der Waals surface area contributed by atoms with Crippen LogP contribution in [0.4, 0.5) is 14.6 Å². The summed E-state index contributed by atoms with van der Waals surface area (Å²) in [5, 5.41) is 14.8. The minimum absolute atomic E-state index is 0.133. The Hall–Kier alpha value is -3.04. The van der Waals surface area contributed by atoms with Crippen LogP contribution in [0.5, 0.6) is 11.8 Å². The van der Waals surface area contributed by atoms with Gasteiger partial charge in [0.25, 0.3) is 0 Å². The summed E-state index contributed by atoms with van der Waals surface area (Å²) in [6, 6.07) is 8.10. The number of aryl methyl sites for hydroxylation is 1. The molecule has 0 amide bonds. The lowest BCUT2D eigenvalue weighted by atomic mass is 9.91. The Kier molecular flexibility index (Phi) is 5.94. The smallest absolute Gasteiger partial charge is 0.319 e. The molecule has 4 saturated heterocycles. The van der Waals surface area contributed by atoms with E-state index in [2.05, 4.69) is 20.1 Å². The van der Waals surface area contributed by atoms with Gasteiger partial charge in [-0.25, -0.2) is 8.78 Å². The molecule has 2 aromatic carbocycles. The molecule has 3 unspecified atom stereocenters. The summed E-state index contributed by atoms with van der Waals surface area (Å²) >= 11 is 0. The Morgan fingerprint density at radius 2 is 1.88 bits per heavy atom. The number of hydrogen-bond acceptors (Lipinski definition) is 7. The third-order valence-electron chi connectivity index (χ3n) is 10.2. The van der Waals surface area contributed by atoms with Crippen molar-refractivity contribution < 1.29 is 18.6 Å². The monoisotopic (exact) mass is 561 g/mol. The molecule has 4 atom stereocenters. The quantitative estimate of drug-likeness (QED) is 0.427. The molecule has 8 rings (SSSR count). The third-order valence-corrected chi connectivity index (χ3v) is 10.2. The van der Waals surface area contributed by atoms with Crippen LogP contribution in [0.3, 0.4) is 0 Å². The Morgan fingerprint density at radius 1 is 1.07 bits per heavy atom. The molecule has 0 radical (unpaired) electrons. The highest BCUT2D eigenvalue weighted by molar-refractivity contribution is 5.94. The SMILES string of the molecule is Cc1cc(O)cc(-c2ccc3c(N4CC5CCC(C4)N5)nc(OCC45CCCN4C[C@H](F)C5)nc3c2F)c1C1CC1. The molecule has 5 fully saturated rings. The van der Waals surface area contributed by atoms with Gasteiger partial charge in [0.05, 0.1) is 5.54 Å². The van der Waals surface area contributed by atoms with Crippen LogP contribution < -0.4 is 15.0 Å². The molecule has 2 N–H and O–H groups in total. The summed E-state index contributed by atoms with van der Waals surface area (Å²) in [4.78, 5) is 14.0. The van der Waals surface area contributed by atoms with Gasteiger partial charge in [-0.2, -0.15) is 9.97 Å². The van der Waals surface area contributed by atoms with E-state index in [-0.39, 0.29) is 22.8 Å². The highest BCUT2D eigenvalue weighted by Gasteiger charge is 2.49. The number of alkyl halides is 1. The summed E-state index contributed by atoms with van der Waals surface area (Å²) in [5.41, 5.74) is 3.14. The van der Waals surface area contributed by atoms with Crippen LogP contribution in [0.15, 0.2) is 24.3 Å². The fraction of sp³-hybridized carbons (Fsp3) is 0.562. The van der Waals surface area contributed by atoms with E-state index >= 15 is 4.39 Å². The summed E-state index contributed by atoms with van der Waals surface area (Å²) in [7, 11) is 0. The largest absolute Gasteiger partial charge is 0.508 e. The molecule has 2 bridgehead atoms. The number of piperazine rings is 1. The van der Waals surface area contributed by atoms with Gasteiger partial charge in [-0.3, -0.25) is 4.90 Å². The average molecular weight is 562 g/mol. The van der Waals surface area contributed by atoms with Crippen LogP contribution in [-0.4, -0.2) is 76.6 Å². The maximum absolute atomic E-state index is 16.7. The normalized spacial score (nSPS) is 29.4. The van der Waals surface area contributed by atoms with Gasteiger partial charge < -0.3 is 20.1 Å². The van der Waals surface area contributed by atoms with Crippen LogP contribution in [0, 0.1) is 12.7 Å². The van der Waals surface area contributed by atoms with Gasteiger partial charge in [0, 0.05) is 49.1 Å². The van der Waals surface area contributed by atoms with Gasteiger partial charge in [0.1, 0.15) is 29.9 Å². The van der Waals surface area contributed by atoms with Crippen molar-refractivity contribution in [3.8, 4) is 22.9 Å². The Balaban J connectivity index is 1.23. The van der Waals surface area contributed by atoms with Crippen molar-refractivity contribution in [3.63, 3.8) is 0 Å². The fourth-order valence-corrected chi connectivity index (χ4v) is 8.17. The number of nitrogens with one attached hydrogen (secondary N) is 1. The van der Waals surface area contributed by atoms with E-state index in [9.17, 15) is 9.50 Å². The number of nitrogens with zero attached hydrogens (tertiary/aromatic N) is 4. The summed E-state index contributed by atoms with van der Waals surface area (Å²) in [6.07, 6.45) is 5.89. The van der Waals surface area contributed by atoms with Gasteiger partial charge in [-0.15, -0.1) is 0 Å². The second kappa shape index (κ2) is 9.49. The lowest BCUT2D eigenvalue weighted by molar-refractivity contribution is 0.107. The molecule has 0 spiro atoms. The third kappa shape index (κ3) is 4.35. The van der Waals surface area contributed by atoms with Crippen molar-refractivity contribution in [2.45, 2.75) is 81.6 Å². The first kappa shape index (κ1) is 25.7. The van der Waals surface area contributed by atoms with Crippen molar-refractivity contribution in [1.82, 2.24) is 20.2 Å². The lowest BCUT2D eigenvalue weighted by Crippen LogP contribution is -2.51. The van der Waals surface area contributed by atoms with E-state index < -0.39 is 12.0 Å². The molecule has 5 heterocycles. The van der Waals surface area contributed by atoms with Gasteiger partial charge in [-0.05, 0) is 92.8 Å². The number of benzene rings is 2. The summed E-state index contributed by atoms with van der Waals surface area (Å²) in [6.45, 7) is 5.19. The second-order valence-electron chi connectivity index (χ2n) is 13.1. The number of ether oxygens (including phenoxy) is 1. The van der Waals surface area contributed by atoms with Gasteiger partial charge in [0.15, 0.2) is 5.82 Å². The van der Waals surface area contributed by atoms with Crippen LogP contribution in [-0.2, 0) is 0 Å². The zero-order valence-corrected chi connectivity index (χ0v) is 23.5. The minimum Gasteiger partial charge on any atom is -0.508 e. The number of phenolic OH excluding ortho intramolecular Hbond substituents is 1. The van der Waals surface area contributed by atoms with Crippen LogP contribution in [0.1, 0.15) is 62.0 Å². The number of hydrogen-bond donors (Lipinski definition) is 2. The van der Waals surface area contributed by atoms with Gasteiger partial charge in [0.2, 0.25) is 0 Å². The van der Waals surface area contributed by atoms with Crippen molar-refractivity contribution in [1.29, 1.82) is 0 Å². The molecule has 4 aliphatic heterocycles. The first-order chi connectivity index (χ1) is 19.9. The number of phenols is 1. The molecular weight excluding hydrogens is 524 g/mol. The number of rotatable bonds is 6. The summed E-state index contributed by atoms with van der Waals surface area (Å²) < 4.78 is 37.4. The van der Waals surface area contributed by atoms with E-state index in [1.807, 2.05) is 19.1 Å². The molecule has 1 aliphatic carbocycles. The topological polar surface area (TPSA) is 73.8 Å². The van der Waals surface area contributed by atoms with E-state index in [4.69, 9.17) is 9.72 Å². The molecule has 5 aliphatic rings. The van der Waals surface area contributed by atoms with Gasteiger partial charge in [-0.1, -0.05) is 6.07 Å². The molecular formula is C32H37F2N5O2. The maximum atomic E-state index is 16.7. The zero-order valence-electron chi connectivity index (χ0n) is 23.5. The number of fused-ring (bicyclic) bond motifs is 4. The first-order valence-electron chi connectivity index (χ1n) is 15.2. The van der Waals surface area contributed by atoms with Crippen LogP contribution in [0.2, 0.25) is 0 Å². The lowest BCUT2D eigenvalue weighted by Gasteiger charge is -2.34. The Bertz CT molecular complexity index is 1520. The Labute approximate surface area is 238 Å². The average Bonchev–Trinajstić information content (AvgIpc) is 3.52. The minimum atomic E-state index is -0.852. The van der Waals surface area contributed by atoms with E-state index in [0.717, 1.165) is 74.8 Å². The predicted molar refractivity (Wildman–Crippen MR) is 154 cm³/mol. The molecule has 1 saturated carbocycles. The Morgan fingerprint density at radius 3 is 2.66 bits per heavy atom. The van der Waals surface area contributed by atoms with Gasteiger partial charge >= 0.3 is 6.01 Å². The molecule has 1 aromatic heterocycles. The zero-order chi connectivity index (χ0) is 27.9. The standard InChI is InChI=1S/C32H37F2N5O2/c1-18-11-23(40)12-26(27(18)19-3-4-19)24-7-8-25-29(28(24)34)36-31(37-30(25)38-15-21-5-6-22(16-38)35-21)41-17-32-9-2-10-39(32)14-20(33)13-32/h7-8,11-12,19-22,35,40H,2-6,9-10,13-17H2,1H3/t20-,21?,22?,32?/m1/s1. The molecule has 216 valence electrons. The van der Waals surface area contributed by atoms with Crippen molar-refractivity contribution in [2.24, 2.45) is 0 Å². The van der Waals surface area contributed by atoms with Crippen LogP contribution >= 0.6 is 0 Å². The molecule has 3 aromatic rings.